The molecule has 3 heteroatoms. The summed E-state index contributed by atoms with van der Waals surface area (Å²) >= 11 is 5.94. The van der Waals surface area contributed by atoms with Crippen molar-refractivity contribution in [3.63, 3.8) is 0 Å². The fourth-order valence-corrected chi connectivity index (χ4v) is 2.78. The molecule has 0 spiro atoms. The van der Waals surface area contributed by atoms with Crippen molar-refractivity contribution in [1.29, 1.82) is 0 Å². The van der Waals surface area contributed by atoms with Gasteiger partial charge in [0.15, 0.2) is 0 Å². The van der Waals surface area contributed by atoms with E-state index in [1.54, 1.807) is 0 Å². The zero-order chi connectivity index (χ0) is 13.0. The maximum Gasteiger partial charge on any atom is 0.0771 e. The highest BCUT2D eigenvalue weighted by Crippen LogP contribution is 2.31. The summed E-state index contributed by atoms with van der Waals surface area (Å²) in [5.41, 5.74) is 0.653. The van der Waals surface area contributed by atoms with E-state index < -0.39 is 5.60 Å². The minimum atomic E-state index is -0.509. The van der Waals surface area contributed by atoms with Crippen LogP contribution in [-0.4, -0.2) is 17.3 Å². The molecule has 1 saturated carbocycles. The van der Waals surface area contributed by atoms with E-state index in [0.717, 1.165) is 48.7 Å². The molecule has 0 amide bonds. The molecule has 1 aromatic carbocycles. The summed E-state index contributed by atoms with van der Waals surface area (Å²) in [5.74, 6) is 0.762. The first-order chi connectivity index (χ1) is 8.57. The number of halogens is 1. The zero-order valence-electron chi connectivity index (χ0n) is 11.0. The minimum absolute atomic E-state index is 0.509. The van der Waals surface area contributed by atoms with Gasteiger partial charge in [-0.2, -0.15) is 0 Å². The molecule has 0 aromatic heterocycles. The Morgan fingerprint density at radius 3 is 2.78 bits per heavy atom. The molecule has 0 bridgehead atoms. The van der Waals surface area contributed by atoms with Crippen LogP contribution < -0.4 is 5.32 Å². The molecule has 100 valence electrons. The molecule has 1 aliphatic rings. The van der Waals surface area contributed by atoms with Gasteiger partial charge in [0, 0.05) is 18.1 Å². The van der Waals surface area contributed by atoms with Gasteiger partial charge >= 0.3 is 0 Å². The smallest absolute Gasteiger partial charge is 0.0771 e. The number of nitrogens with one attached hydrogen (secondary N) is 1. The summed E-state index contributed by atoms with van der Waals surface area (Å²) in [6.07, 6.45) is 4.10. The fourth-order valence-electron chi connectivity index (χ4n) is 2.56. The normalized spacial score (nSPS) is 28.3. The molecule has 1 fully saturated rings. The van der Waals surface area contributed by atoms with E-state index in [4.69, 9.17) is 11.6 Å². The van der Waals surface area contributed by atoms with Crippen LogP contribution in [0.5, 0.6) is 0 Å². The standard InChI is InChI=1S/C15H22ClNO/c1-12-5-7-15(18,8-6-12)11-17-10-13-3-2-4-14(16)9-13/h2-4,9,12,17-18H,5-8,10-11H2,1H3. The van der Waals surface area contributed by atoms with Gasteiger partial charge in [-0.3, -0.25) is 0 Å². The third-order valence-electron chi connectivity index (χ3n) is 3.88. The number of benzene rings is 1. The van der Waals surface area contributed by atoms with E-state index in [0.29, 0.717) is 6.54 Å². The highest BCUT2D eigenvalue weighted by molar-refractivity contribution is 6.30. The van der Waals surface area contributed by atoms with Crippen LogP contribution in [0.2, 0.25) is 5.02 Å². The SMILES string of the molecule is CC1CCC(O)(CNCc2cccc(Cl)c2)CC1. The van der Waals surface area contributed by atoms with Crippen molar-refractivity contribution in [3.05, 3.63) is 34.9 Å². The largest absolute Gasteiger partial charge is 0.389 e. The maximum absolute atomic E-state index is 10.4. The van der Waals surface area contributed by atoms with Crippen molar-refractivity contribution < 1.29 is 5.11 Å². The summed E-state index contributed by atoms with van der Waals surface area (Å²) < 4.78 is 0. The van der Waals surface area contributed by atoms with Gasteiger partial charge in [-0.25, -0.2) is 0 Å². The monoisotopic (exact) mass is 267 g/mol. The van der Waals surface area contributed by atoms with E-state index in [2.05, 4.69) is 12.2 Å². The number of hydrogen-bond acceptors (Lipinski definition) is 2. The second-order valence-electron chi connectivity index (χ2n) is 5.64. The molecule has 0 aliphatic heterocycles. The van der Waals surface area contributed by atoms with Gasteiger partial charge in [0.25, 0.3) is 0 Å². The van der Waals surface area contributed by atoms with Gasteiger partial charge in [0.05, 0.1) is 5.60 Å². The summed E-state index contributed by atoms with van der Waals surface area (Å²) in [7, 11) is 0. The van der Waals surface area contributed by atoms with E-state index in [1.807, 2.05) is 24.3 Å². The van der Waals surface area contributed by atoms with E-state index in [9.17, 15) is 5.11 Å². The van der Waals surface area contributed by atoms with Gasteiger partial charge in [-0.05, 0) is 49.3 Å². The number of aliphatic hydroxyl groups is 1. The summed E-state index contributed by atoms with van der Waals surface area (Å²) in [4.78, 5) is 0. The summed E-state index contributed by atoms with van der Waals surface area (Å²) in [6, 6.07) is 7.84. The third-order valence-corrected chi connectivity index (χ3v) is 4.11. The van der Waals surface area contributed by atoms with Crippen molar-refractivity contribution in [2.24, 2.45) is 5.92 Å². The van der Waals surface area contributed by atoms with Crippen LogP contribution in [-0.2, 0) is 6.54 Å². The third kappa shape index (κ3) is 3.98. The van der Waals surface area contributed by atoms with Crippen LogP contribution >= 0.6 is 11.6 Å². The second kappa shape index (κ2) is 6.05. The zero-order valence-corrected chi connectivity index (χ0v) is 11.7. The van der Waals surface area contributed by atoms with Crippen molar-refractivity contribution in [3.8, 4) is 0 Å². The second-order valence-corrected chi connectivity index (χ2v) is 6.08. The molecule has 0 heterocycles. The van der Waals surface area contributed by atoms with Gasteiger partial charge in [-0.15, -0.1) is 0 Å². The van der Waals surface area contributed by atoms with E-state index >= 15 is 0 Å². The van der Waals surface area contributed by atoms with Gasteiger partial charge in [0.1, 0.15) is 0 Å². The summed E-state index contributed by atoms with van der Waals surface area (Å²) in [5, 5.41) is 14.5. The highest BCUT2D eigenvalue weighted by atomic mass is 35.5. The molecule has 2 N–H and O–H groups in total. The lowest BCUT2D eigenvalue weighted by Crippen LogP contribution is -2.43. The molecular formula is C15H22ClNO. The van der Waals surface area contributed by atoms with Crippen LogP contribution in [0, 0.1) is 5.92 Å². The molecule has 18 heavy (non-hydrogen) atoms. The molecule has 0 radical (unpaired) electrons. The van der Waals surface area contributed by atoms with Crippen LogP contribution in [0.4, 0.5) is 0 Å². The molecule has 2 rings (SSSR count). The molecule has 2 nitrogen and oxygen atoms in total. The first-order valence-electron chi connectivity index (χ1n) is 6.75. The van der Waals surface area contributed by atoms with E-state index in [-0.39, 0.29) is 0 Å². The molecule has 0 atom stereocenters. The minimum Gasteiger partial charge on any atom is -0.389 e. The molecule has 0 saturated heterocycles. The van der Waals surface area contributed by atoms with Crippen LogP contribution in [0.15, 0.2) is 24.3 Å². The summed E-state index contributed by atoms with van der Waals surface area (Å²) in [6.45, 7) is 3.70. The van der Waals surface area contributed by atoms with Crippen molar-refractivity contribution in [1.82, 2.24) is 5.32 Å². The lowest BCUT2D eigenvalue weighted by Gasteiger charge is -2.35. The maximum atomic E-state index is 10.4. The van der Waals surface area contributed by atoms with Crippen LogP contribution in [0.3, 0.4) is 0 Å². The van der Waals surface area contributed by atoms with Gasteiger partial charge in [0.2, 0.25) is 0 Å². The lowest BCUT2D eigenvalue weighted by molar-refractivity contribution is -0.00630. The van der Waals surface area contributed by atoms with Gasteiger partial charge in [-0.1, -0.05) is 30.7 Å². The molecule has 1 aliphatic carbocycles. The first kappa shape index (κ1) is 13.9. The Hall–Kier alpha value is -0.570. The Balaban J connectivity index is 1.78. The van der Waals surface area contributed by atoms with Crippen LogP contribution in [0.25, 0.3) is 0 Å². The Morgan fingerprint density at radius 2 is 2.11 bits per heavy atom. The Bertz CT molecular complexity index is 386. The fraction of sp³-hybridized carbons (Fsp3) is 0.600. The molecular weight excluding hydrogens is 246 g/mol. The first-order valence-corrected chi connectivity index (χ1v) is 7.13. The van der Waals surface area contributed by atoms with Crippen molar-refractivity contribution >= 4 is 11.6 Å². The average Bonchev–Trinajstić information content (AvgIpc) is 2.34. The average molecular weight is 268 g/mol. The lowest BCUT2D eigenvalue weighted by atomic mass is 9.79. The van der Waals surface area contributed by atoms with Crippen molar-refractivity contribution in [2.75, 3.05) is 6.54 Å². The number of rotatable bonds is 4. The Labute approximate surface area is 114 Å². The topological polar surface area (TPSA) is 32.3 Å². The molecule has 1 aromatic rings. The number of hydrogen-bond donors (Lipinski definition) is 2. The predicted octanol–water partition coefficient (Wildman–Crippen LogP) is 3.37. The molecule has 0 unspecified atom stereocenters. The van der Waals surface area contributed by atoms with Crippen molar-refractivity contribution in [2.45, 2.75) is 44.8 Å². The quantitative estimate of drug-likeness (QED) is 0.877. The highest BCUT2D eigenvalue weighted by Gasteiger charge is 2.31. The Kier molecular flexibility index (Phi) is 4.66. The predicted molar refractivity (Wildman–Crippen MR) is 75.7 cm³/mol. The van der Waals surface area contributed by atoms with E-state index in [1.165, 1.54) is 0 Å². The Morgan fingerprint density at radius 1 is 1.39 bits per heavy atom. The van der Waals surface area contributed by atoms with Gasteiger partial charge < -0.3 is 10.4 Å². The van der Waals surface area contributed by atoms with Crippen LogP contribution in [0.1, 0.15) is 38.2 Å².